The number of hydrogen-bond donors (Lipinski definition) is 1. The normalized spacial score (nSPS) is 17.9. The minimum absolute atomic E-state index is 0.119. The Bertz CT molecular complexity index is 589. The first kappa shape index (κ1) is 16.9. The topological polar surface area (TPSA) is 70.1 Å². The van der Waals surface area contributed by atoms with Gasteiger partial charge in [0.05, 0.1) is 5.92 Å². The Kier molecular flexibility index (Phi) is 4.67. The molecule has 2 amide bonds. The Labute approximate surface area is 130 Å². The van der Waals surface area contributed by atoms with E-state index in [1.165, 1.54) is 24.1 Å². The van der Waals surface area contributed by atoms with Crippen LogP contribution in [0.4, 0.5) is 23.7 Å². The number of nitrogens with zero attached hydrogens (tertiary/aromatic N) is 2. The molecule has 6 nitrogen and oxygen atoms in total. The number of anilines is 1. The Balaban J connectivity index is 2.01. The van der Waals surface area contributed by atoms with E-state index in [-0.39, 0.29) is 24.7 Å². The molecule has 1 aromatic rings. The molecule has 0 radical (unpaired) electrons. The highest BCUT2D eigenvalue weighted by Gasteiger charge is 2.33. The third kappa shape index (κ3) is 4.27. The minimum Gasteiger partial charge on any atom is -0.465 e. The van der Waals surface area contributed by atoms with E-state index < -0.39 is 18.4 Å². The minimum atomic E-state index is -4.77. The number of ether oxygens (including phenoxy) is 1. The maximum Gasteiger partial charge on any atom is 0.573 e. The lowest BCUT2D eigenvalue weighted by molar-refractivity contribution is -0.274. The van der Waals surface area contributed by atoms with Crippen molar-refractivity contribution in [1.82, 2.24) is 4.90 Å². The van der Waals surface area contributed by atoms with Gasteiger partial charge in [0.1, 0.15) is 5.75 Å². The Morgan fingerprint density at radius 2 is 1.91 bits per heavy atom. The molecule has 9 heteroatoms. The zero-order chi connectivity index (χ0) is 17.2. The summed E-state index contributed by atoms with van der Waals surface area (Å²) in [5.41, 5.74) is 0.401. The summed E-state index contributed by atoms with van der Waals surface area (Å²) in [6.07, 6.45) is -5.42. The number of amides is 2. The fraction of sp³-hybridized carbons (Fsp3) is 0.429. The number of benzene rings is 1. The van der Waals surface area contributed by atoms with Crippen LogP contribution < -0.4 is 9.64 Å². The highest BCUT2D eigenvalue weighted by Crippen LogP contribution is 2.26. The standard InChI is InChI=1S/C14H15F3N2O4/c1-18(12(20)9-6-7-19(8-9)13(21)22)10-2-4-11(5-3-10)23-14(15,16)17/h2-5,9H,6-8H2,1H3,(H,21,22)/t9-/m1/s1. The van der Waals surface area contributed by atoms with E-state index in [2.05, 4.69) is 4.74 Å². The molecular weight excluding hydrogens is 317 g/mol. The molecule has 0 saturated carbocycles. The summed E-state index contributed by atoms with van der Waals surface area (Å²) < 4.78 is 40.0. The molecule has 0 aromatic heterocycles. The number of halogens is 3. The molecule has 126 valence electrons. The first-order chi connectivity index (χ1) is 10.7. The van der Waals surface area contributed by atoms with E-state index in [0.29, 0.717) is 12.1 Å². The Morgan fingerprint density at radius 3 is 2.39 bits per heavy atom. The molecule has 0 unspecified atom stereocenters. The number of hydrogen-bond acceptors (Lipinski definition) is 3. The second kappa shape index (κ2) is 6.35. The van der Waals surface area contributed by atoms with Crippen molar-refractivity contribution in [1.29, 1.82) is 0 Å². The second-order valence-electron chi connectivity index (χ2n) is 5.15. The van der Waals surface area contributed by atoms with Crippen molar-refractivity contribution in [3.05, 3.63) is 24.3 Å². The molecular formula is C14H15F3N2O4. The van der Waals surface area contributed by atoms with Crippen LogP contribution in [0, 0.1) is 5.92 Å². The summed E-state index contributed by atoms with van der Waals surface area (Å²) in [6.45, 7) is 0.408. The largest absolute Gasteiger partial charge is 0.573 e. The number of likely N-dealkylation sites (tertiary alicyclic amines) is 1. The van der Waals surface area contributed by atoms with E-state index in [0.717, 1.165) is 17.0 Å². The van der Waals surface area contributed by atoms with Crippen molar-refractivity contribution in [3.63, 3.8) is 0 Å². The average Bonchev–Trinajstić information content (AvgIpc) is 2.95. The van der Waals surface area contributed by atoms with E-state index >= 15 is 0 Å². The molecule has 1 aliphatic heterocycles. The molecule has 0 spiro atoms. The summed E-state index contributed by atoms with van der Waals surface area (Å²) in [5.74, 6) is -1.11. The summed E-state index contributed by atoms with van der Waals surface area (Å²) in [5, 5.41) is 8.89. The van der Waals surface area contributed by atoms with Crippen LogP contribution in [-0.4, -0.2) is 48.5 Å². The van der Waals surface area contributed by atoms with Crippen LogP contribution in [0.1, 0.15) is 6.42 Å². The summed E-state index contributed by atoms with van der Waals surface area (Å²) in [7, 11) is 1.49. The SMILES string of the molecule is CN(C(=O)[C@@H]1CCN(C(=O)O)C1)c1ccc(OC(F)(F)F)cc1. The van der Waals surface area contributed by atoms with Crippen molar-refractivity contribution < 1.29 is 32.6 Å². The lowest BCUT2D eigenvalue weighted by atomic mass is 10.1. The van der Waals surface area contributed by atoms with Gasteiger partial charge in [-0.25, -0.2) is 4.79 Å². The molecule has 2 rings (SSSR count). The Morgan fingerprint density at radius 1 is 1.30 bits per heavy atom. The maximum atomic E-state index is 12.3. The van der Waals surface area contributed by atoms with E-state index in [1.54, 1.807) is 0 Å². The van der Waals surface area contributed by atoms with E-state index in [4.69, 9.17) is 5.11 Å². The van der Waals surface area contributed by atoms with Crippen molar-refractivity contribution in [2.45, 2.75) is 12.8 Å². The van der Waals surface area contributed by atoms with Gasteiger partial charge in [-0.05, 0) is 30.7 Å². The van der Waals surface area contributed by atoms with Gasteiger partial charge in [0.25, 0.3) is 0 Å². The van der Waals surface area contributed by atoms with Crippen LogP contribution in [0.25, 0.3) is 0 Å². The third-order valence-corrected chi connectivity index (χ3v) is 3.60. The van der Waals surface area contributed by atoms with Crippen LogP contribution in [0.5, 0.6) is 5.75 Å². The highest BCUT2D eigenvalue weighted by atomic mass is 19.4. The van der Waals surface area contributed by atoms with Gasteiger partial charge in [-0.15, -0.1) is 13.2 Å². The molecule has 1 heterocycles. The third-order valence-electron chi connectivity index (χ3n) is 3.60. The van der Waals surface area contributed by atoms with Crippen LogP contribution >= 0.6 is 0 Å². The van der Waals surface area contributed by atoms with Crippen LogP contribution in [0.2, 0.25) is 0 Å². The average molecular weight is 332 g/mol. The van der Waals surface area contributed by atoms with Crippen molar-refractivity contribution in [2.24, 2.45) is 5.92 Å². The molecule has 1 saturated heterocycles. The first-order valence-corrected chi connectivity index (χ1v) is 6.78. The molecule has 1 aliphatic rings. The monoisotopic (exact) mass is 332 g/mol. The zero-order valence-electron chi connectivity index (χ0n) is 12.2. The predicted octanol–water partition coefficient (Wildman–Crippen LogP) is 2.55. The van der Waals surface area contributed by atoms with Gasteiger partial charge in [-0.3, -0.25) is 4.79 Å². The van der Waals surface area contributed by atoms with Crippen molar-refractivity contribution in [3.8, 4) is 5.75 Å². The molecule has 1 aromatic carbocycles. The van der Waals surface area contributed by atoms with Crippen LogP contribution in [0.15, 0.2) is 24.3 Å². The van der Waals surface area contributed by atoms with Gasteiger partial charge in [-0.2, -0.15) is 0 Å². The molecule has 1 fully saturated rings. The van der Waals surface area contributed by atoms with Crippen LogP contribution in [0.3, 0.4) is 0 Å². The quantitative estimate of drug-likeness (QED) is 0.923. The van der Waals surface area contributed by atoms with Gasteiger partial charge in [0.15, 0.2) is 0 Å². The van der Waals surface area contributed by atoms with Gasteiger partial charge in [0, 0.05) is 25.8 Å². The lowest BCUT2D eigenvalue weighted by Gasteiger charge is -2.21. The van der Waals surface area contributed by atoms with Gasteiger partial charge >= 0.3 is 12.5 Å². The van der Waals surface area contributed by atoms with Gasteiger partial charge < -0.3 is 19.6 Å². The van der Waals surface area contributed by atoms with Crippen LogP contribution in [-0.2, 0) is 4.79 Å². The van der Waals surface area contributed by atoms with Crippen molar-refractivity contribution in [2.75, 3.05) is 25.0 Å². The highest BCUT2D eigenvalue weighted by molar-refractivity contribution is 5.95. The first-order valence-electron chi connectivity index (χ1n) is 6.78. The maximum absolute atomic E-state index is 12.3. The smallest absolute Gasteiger partial charge is 0.465 e. The zero-order valence-corrected chi connectivity index (χ0v) is 12.2. The summed E-state index contributed by atoms with van der Waals surface area (Å²) in [4.78, 5) is 25.6. The number of carbonyl (C=O) groups is 2. The fourth-order valence-electron chi connectivity index (χ4n) is 2.41. The van der Waals surface area contributed by atoms with Crippen molar-refractivity contribution >= 4 is 17.7 Å². The predicted molar refractivity (Wildman–Crippen MR) is 74.2 cm³/mol. The van der Waals surface area contributed by atoms with E-state index in [1.807, 2.05) is 0 Å². The summed E-state index contributed by atoms with van der Waals surface area (Å²) in [6, 6.07) is 4.90. The molecule has 23 heavy (non-hydrogen) atoms. The van der Waals surface area contributed by atoms with Gasteiger partial charge in [-0.1, -0.05) is 0 Å². The van der Waals surface area contributed by atoms with E-state index in [9.17, 15) is 22.8 Å². The molecule has 1 atom stereocenters. The molecule has 0 aliphatic carbocycles. The molecule has 0 bridgehead atoms. The number of carboxylic acid groups (broad SMARTS) is 1. The number of alkyl halides is 3. The molecule has 1 N–H and O–H groups in total. The number of rotatable bonds is 3. The fourth-order valence-corrected chi connectivity index (χ4v) is 2.41. The summed E-state index contributed by atoms with van der Waals surface area (Å²) >= 11 is 0. The number of carbonyl (C=O) groups excluding carboxylic acids is 1. The lowest BCUT2D eigenvalue weighted by Crippen LogP contribution is -2.35. The Hall–Kier alpha value is -2.45. The second-order valence-corrected chi connectivity index (χ2v) is 5.15. The van der Waals surface area contributed by atoms with Gasteiger partial charge in [0.2, 0.25) is 5.91 Å².